The van der Waals surface area contributed by atoms with Crippen molar-refractivity contribution in [3.8, 4) is 11.8 Å². The summed E-state index contributed by atoms with van der Waals surface area (Å²) in [5.41, 5.74) is 1.04. The number of ether oxygens (including phenoxy) is 1. The van der Waals surface area contributed by atoms with Gasteiger partial charge in [-0.25, -0.2) is 0 Å². The number of piperidine rings is 1. The van der Waals surface area contributed by atoms with Crippen LogP contribution in [-0.4, -0.2) is 31.1 Å². The van der Waals surface area contributed by atoms with Crippen molar-refractivity contribution in [2.24, 2.45) is 11.8 Å². The number of benzene rings is 1. The van der Waals surface area contributed by atoms with Gasteiger partial charge in [-0.15, -0.1) is 0 Å². The maximum Gasteiger partial charge on any atom is 0.119 e. The molecule has 1 aliphatic heterocycles. The summed E-state index contributed by atoms with van der Waals surface area (Å²) in [6, 6.07) is 9.98. The van der Waals surface area contributed by atoms with E-state index in [4.69, 9.17) is 10.00 Å². The largest absolute Gasteiger partial charge is 0.492 e. The van der Waals surface area contributed by atoms with E-state index in [2.05, 4.69) is 24.8 Å². The summed E-state index contributed by atoms with van der Waals surface area (Å²) < 4.78 is 5.79. The van der Waals surface area contributed by atoms with Crippen LogP contribution in [0.15, 0.2) is 24.3 Å². The Bertz CT molecular complexity index is 439. The summed E-state index contributed by atoms with van der Waals surface area (Å²) in [7, 11) is 0. The predicted molar refractivity (Wildman–Crippen MR) is 80.6 cm³/mol. The highest BCUT2D eigenvalue weighted by atomic mass is 16.5. The maximum absolute atomic E-state index is 8.63. The number of nitrogens with zero attached hydrogens (tertiary/aromatic N) is 2. The van der Waals surface area contributed by atoms with Crippen molar-refractivity contribution in [2.75, 3.05) is 26.2 Å². The average Bonchev–Trinajstić information content (AvgIpc) is 2.40. The standard InChI is InChI=1S/C17H24N2O/c1-14-11-15(2)13-19(12-14)9-10-20-17-5-3-16(4-6-17)7-8-18/h3-6,14-15H,7,9-13H2,1-2H3. The molecule has 2 atom stereocenters. The van der Waals surface area contributed by atoms with Crippen LogP contribution in [0, 0.1) is 23.2 Å². The molecule has 1 saturated heterocycles. The zero-order valence-corrected chi connectivity index (χ0v) is 12.5. The van der Waals surface area contributed by atoms with Gasteiger partial charge in [0.15, 0.2) is 0 Å². The van der Waals surface area contributed by atoms with E-state index in [1.54, 1.807) is 0 Å². The Morgan fingerprint density at radius 1 is 1.20 bits per heavy atom. The van der Waals surface area contributed by atoms with E-state index in [1.807, 2.05) is 24.3 Å². The summed E-state index contributed by atoms with van der Waals surface area (Å²) >= 11 is 0. The van der Waals surface area contributed by atoms with Gasteiger partial charge in [0.2, 0.25) is 0 Å². The normalized spacial score (nSPS) is 23.2. The van der Waals surface area contributed by atoms with Gasteiger partial charge in [-0.3, -0.25) is 4.90 Å². The number of likely N-dealkylation sites (tertiary alicyclic amines) is 1. The molecule has 0 saturated carbocycles. The smallest absolute Gasteiger partial charge is 0.119 e. The van der Waals surface area contributed by atoms with Crippen molar-refractivity contribution in [1.29, 1.82) is 5.26 Å². The molecular weight excluding hydrogens is 248 g/mol. The van der Waals surface area contributed by atoms with Gasteiger partial charge in [0.1, 0.15) is 12.4 Å². The maximum atomic E-state index is 8.63. The minimum Gasteiger partial charge on any atom is -0.492 e. The topological polar surface area (TPSA) is 36.3 Å². The van der Waals surface area contributed by atoms with E-state index in [0.717, 1.165) is 36.3 Å². The molecule has 2 unspecified atom stereocenters. The number of rotatable bonds is 5. The van der Waals surface area contributed by atoms with Crippen molar-refractivity contribution in [1.82, 2.24) is 4.90 Å². The molecule has 1 fully saturated rings. The quantitative estimate of drug-likeness (QED) is 0.826. The van der Waals surface area contributed by atoms with E-state index in [-0.39, 0.29) is 0 Å². The summed E-state index contributed by atoms with van der Waals surface area (Å²) in [6.07, 6.45) is 1.81. The van der Waals surface area contributed by atoms with Crippen molar-refractivity contribution < 1.29 is 4.74 Å². The van der Waals surface area contributed by atoms with Gasteiger partial charge in [0.25, 0.3) is 0 Å². The molecule has 108 valence electrons. The molecule has 3 nitrogen and oxygen atoms in total. The highest BCUT2D eigenvalue weighted by molar-refractivity contribution is 5.28. The van der Waals surface area contributed by atoms with Crippen LogP contribution in [0.4, 0.5) is 0 Å². The predicted octanol–water partition coefficient (Wildman–Crippen LogP) is 3.11. The molecule has 1 heterocycles. The first-order valence-corrected chi connectivity index (χ1v) is 7.48. The molecule has 0 aliphatic carbocycles. The van der Waals surface area contributed by atoms with Gasteiger partial charge >= 0.3 is 0 Å². The molecule has 0 bridgehead atoms. The molecule has 1 aromatic carbocycles. The van der Waals surface area contributed by atoms with E-state index >= 15 is 0 Å². The van der Waals surface area contributed by atoms with Crippen molar-refractivity contribution in [2.45, 2.75) is 26.7 Å². The van der Waals surface area contributed by atoms with Gasteiger partial charge in [0, 0.05) is 19.6 Å². The van der Waals surface area contributed by atoms with Gasteiger partial charge in [-0.1, -0.05) is 26.0 Å². The van der Waals surface area contributed by atoms with Crippen LogP contribution >= 0.6 is 0 Å². The van der Waals surface area contributed by atoms with E-state index in [9.17, 15) is 0 Å². The fraction of sp³-hybridized carbons (Fsp3) is 0.588. The van der Waals surface area contributed by atoms with Gasteiger partial charge < -0.3 is 4.74 Å². The zero-order chi connectivity index (χ0) is 14.4. The van der Waals surface area contributed by atoms with Gasteiger partial charge in [-0.05, 0) is 36.0 Å². The Labute approximate surface area is 122 Å². The molecule has 0 spiro atoms. The van der Waals surface area contributed by atoms with Crippen LogP contribution in [0.5, 0.6) is 5.75 Å². The summed E-state index contributed by atoms with van der Waals surface area (Å²) in [5, 5.41) is 8.63. The van der Waals surface area contributed by atoms with Crippen LogP contribution < -0.4 is 4.74 Å². The SMILES string of the molecule is CC1CC(C)CN(CCOc2ccc(CC#N)cc2)C1. The third kappa shape index (κ3) is 4.54. The second-order valence-corrected chi connectivity index (χ2v) is 6.03. The second kappa shape index (κ2) is 7.31. The second-order valence-electron chi connectivity index (χ2n) is 6.03. The van der Waals surface area contributed by atoms with Crippen LogP contribution in [-0.2, 0) is 6.42 Å². The first kappa shape index (κ1) is 14.9. The lowest BCUT2D eigenvalue weighted by Crippen LogP contribution is -2.40. The Kier molecular flexibility index (Phi) is 5.43. The summed E-state index contributed by atoms with van der Waals surface area (Å²) in [5.74, 6) is 2.48. The highest BCUT2D eigenvalue weighted by Crippen LogP contribution is 2.20. The molecule has 3 heteroatoms. The molecule has 1 aliphatic rings. The Morgan fingerprint density at radius 3 is 2.45 bits per heavy atom. The Hall–Kier alpha value is -1.53. The van der Waals surface area contributed by atoms with E-state index in [0.29, 0.717) is 6.42 Å². The molecule has 0 N–H and O–H groups in total. The van der Waals surface area contributed by atoms with Crippen molar-refractivity contribution >= 4 is 0 Å². The molecule has 20 heavy (non-hydrogen) atoms. The first-order chi connectivity index (χ1) is 9.67. The summed E-state index contributed by atoms with van der Waals surface area (Å²) in [4.78, 5) is 2.50. The van der Waals surface area contributed by atoms with Crippen molar-refractivity contribution in [3.05, 3.63) is 29.8 Å². The zero-order valence-electron chi connectivity index (χ0n) is 12.5. The van der Waals surface area contributed by atoms with E-state index in [1.165, 1.54) is 19.5 Å². The highest BCUT2D eigenvalue weighted by Gasteiger charge is 2.21. The minimum atomic E-state index is 0.462. The molecule has 0 amide bonds. The third-order valence-corrected chi connectivity index (χ3v) is 3.83. The third-order valence-electron chi connectivity index (χ3n) is 3.83. The molecule has 2 rings (SSSR count). The van der Waals surface area contributed by atoms with Crippen LogP contribution in [0.1, 0.15) is 25.8 Å². The minimum absolute atomic E-state index is 0.462. The monoisotopic (exact) mass is 272 g/mol. The van der Waals surface area contributed by atoms with Crippen LogP contribution in [0.2, 0.25) is 0 Å². The lowest BCUT2D eigenvalue weighted by Gasteiger charge is -2.34. The van der Waals surface area contributed by atoms with Crippen LogP contribution in [0.25, 0.3) is 0 Å². The number of hydrogen-bond acceptors (Lipinski definition) is 3. The average molecular weight is 272 g/mol. The fourth-order valence-electron chi connectivity index (χ4n) is 3.06. The molecular formula is C17H24N2O. The Morgan fingerprint density at radius 2 is 1.85 bits per heavy atom. The van der Waals surface area contributed by atoms with E-state index < -0.39 is 0 Å². The number of nitriles is 1. The van der Waals surface area contributed by atoms with Crippen molar-refractivity contribution in [3.63, 3.8) is 0 Å². The molecule has 0 aromatic heterocycles. The molecule has 1 aromatic rings. The van der Waals surface area contributed by atoms with Gasteiger partial charge in [-0.2, -0.15) is 5.26 Å². The summed E-state index contributed by atoms with van der Waals surface area (Å²) in [6.45, 7) is 8.77. The lowest BCUT2D eigenvalue weighted by atomic mass is 9.92. The molecule has 0 radical (unpaired) electrons. The van der Waals surface area contributed by atoms with Gasteiger partial charge in [0.05, 0.1) is 12.5 Å². The first-order valence-electron chi connectivity index (χ1n) is 7.48. The number of hydrogen-bond donors (Lipinski definition) is 0. The fourth-order valence-corrected chi connectivity index (χ4v) is 3.06. The van der Waals surface area contributed by atoms with Crippen LogP contribution in [0.3, 0.4) is 0 Å². The lowest BCUT2D eigenvalue weighted by molar-refractivity contribution is 0.120. The Balaban J connectivity index is 1.74.